The van der Waals surface area contributed by atoms with Crippen LogP contribution in [-0.4, -0.2) is 51.1 Å². The monoisotopic (exact) mass is 332 g/mol. The lowest BCUT2D eigenvalue weighted by atomic mass is 10.2. The minimum absolute atomic E-state index is 0.00721. The zero-order valence-electron chi connectivity index (χ0n) is 11.8. The van der Waals surface area contributed by atoms with Crippen LogP contribution in [0.1, 0.15) is 6.42 Å². The fraction of sp³-hybridized carbons (Fsp3) is 0.462. The fourth-order valence-electron chi connectivity index (χ4n) is 2.17. The second-order valence-electron chi connectivity index (χ2n) is 4.94. The van der Waals surface area contributed by atoms with E-state index in [9.17, 15) is 13.2 Å². The van der Waals surface area contributed by atoms with Crippen molar-refractivity contribution in [2.45, 2.75) is 12.5 Å². The molecule has 1 aromatic carbocycles. The van der Waals surface area contributed by atoms with E-state index < -0.39 is 9.84 Å². The fourth-order valence-corrected chi connectivity index (χ4v) is 4.17. The Hall–Kier alpha value is -1.47. The molecule has 1 aliphatic rings. The van der Waals surface area contributed by atoms with Gasteiger partial charge >= 0.3 is 6.03 Å². The standard InChI is InChI=1S/C13H17ClN2O4S/c1-16(9-5-6-21(18,19)8-9)13(17)15-12-4-3-10(20-2)7-11(12)14/h3-4,7,9H,5-6,8H2,1-2H3,(H,15,17). The number of carbonyl (C=O) groups excluding carboxylic acids is 1. The van der Waals surface area contributed by atoms with Gasteiger partial charge in [0.25, 0.3) is 0 Å². The Morgan fingerprint density at radius 3 is 2.71 bits per heavy atom. The molecule has 21 heavy (non-hydrogen) atoms. The van der Waals surface area contributed by atoms with Crippen molar-refractivity contribution < 1.29 is 17.9 Å². The molecule has 1 aliphatic heterocycles. The van der Waals surface area contributed by atoms with Gasteiger partial charge in [-0.2, -0.15) is 0 Å². The largest absolute Gasteiger partial charge is 0.497 e. The van der Waals surface area contributed by atoms with Gasteiger partial charge in [0.2, 0.25) is 0 Å². The van der Waals surface area contributed by atoms with Crippen molar-refractivity contribution in [1.82, 2.24) is 4.90 Å². The lowest BCUT2D eigenvalue weighted by Gasteiger charge is -2.24. The molecular weight excluding hydrogens is 316 g/mol. The van der Waals surface area contributed by atoms with E-state index in [1.54, 1.807) is 25.2 Å². The third-order valence-corrected chi connectivity index (χ3v) is 5.56. The number of benzene rings is 1. The third-order valence-electron chi connectivity index (χ3n) is 3.49. The molecule has 2 amide bonds. The minimum atomic E-state index is -3.03. The second-order valence-corrected chi connectivity index (χ2v) is 7.58. The maximum absolute atomic E-state index is 12.1. The average molecular weight is 333 g/mol. The number of nitrogens with one attached hydrogen (secondary N) is 1. The average Bonchev–Trinajstić information content (AvgIpc) is 2.80. The molecule has 2 rings (SSSR count). The number of ether oxygens (including phenoxy) is 1. The Kier molecular flexibility index (Phi) is 4.63. The van der Waals surface area contributed by atoms with Crippen LogP contribution in [0.15, 0.2) is 18.2 Å². The first-order valence-electron chi connectivity index (χ1n) is 6.40. The molecular formula is C13H17ClN2O4S. The molecule has 0 aromatic heterocycles. The highest BCUT2D eigenvalue weighted by Crippen LogP contribution is 2.27. The topological polar surface area (TPSA) is 75.7 Å². The summed E-state index contributed by atoms with van der Waals surface area (Å²) in [5.74, 6) is 0.722. The Balaban J connectivity index is 2.04. The molecule has 0 aliphatic carbocycles. The maximum Gasteiger partial charge on any atom is 0.321 e. The van der Waals surface area contributed by atoms with E-state index in [2.05, 4.69) is 5.32 Å². The third kappa shape index (κ3) is 3.79. The number of carbonyl (C=O) groups is 1. The number of anilines is 1. The van der Waals surface area contributed by atoms with Gasteiger partial charge in [-0.25, -0.2) is 13.2 Å². The van der Waals surface area contributed by atoms with E-state index >= 15 is 0 Å². The number of amides is 2. The van der Waals surface area contributed by atoms with Crippen molar-refractivity contribution in [1.29, 1.82) is 0 Å². The summed E-state index contributed by atoms with van der Waals surface area (Å²) in [5.41, 5.74) is 0.454. The number of nitrogens with zero attached hydrogens (tertiary/aromatic N) is 1. The molecule has 1 atom stereocenters. The number of sulfone groups is 1. The van der Waals surface area contributed by atoms with Gasteiger partial charge in [0.1, 0.15) is 5.75 Å². The van der Waals surface area contributed by atoms with E-state index in [-0.39, 0.29) is 23.6 Å². The number of hydrogen-bond acceptors (Lipinski definition) is 4. The molecule has 0 saturated carbocycles. The highest BCUT2D eigenvalue weighted by Gasteiger charge is 2.32. The van der Waals surface area contributed by atoms with Crippen molar-refractivity contribution in [2.24, 2.45) is 0 Å². The van der Waals surface area contributed by atoms with Crippen LogP contribution in [0.2, 0.25) is 5.02 Å². The molecule has 1 unspecified atom stereocenters. The first-order valence-corrected chi connectivity index (χ1v) is 8.60. The summed E-state index contributed by atoms with van der Waals surface area (Å²) in [6.07, 6.45) is 0.461. The van der Waals surface area contributed by atoms with Gasteiger partial charge in [0.05, 0.1) is 29.3 Å². The van der Waals surface area contributed by atoms with Gasteiger partial charge in [-0.3, -0.25) is 0 Å². The smallest absolute Gasteiger partial charge is 0.321 e. The summed E-state index contributed by atoms with van der Waals surface area (Å²) in [6.45, 7) is 0. The lowest BCUT2D eigenvalue weighted by Crippen LogP contribution is -2.40. The van der Waals surface area contributed by atoms with Crippen LogP contribution in [0.4, 0.5) is 10.5 Å². The van der Waals surface area contributed by atoms with Crippen LogP contribution in [-0.2, 0) is 9.84 Å². The van der Waals surface area contributed by atoms with Crippen LogP contribution in [0.5, 0.6) is 5.75 Å². The Labute approximate surface area is 128 Å². The Morgan fingerprint density at radius 2 is 2.19 bits per heavy atom. The first-order chi connectivity index (χ1) is 9.82. The van der Waals surface area contributed by atoms with Gasteiger partial charge in [-0.05, 0) is 18.6 Å². The van der Waals surface area contributed by atoms with Gasteiger partial charge in [-0.1, -0.05) is 11.6 Å². The molecule has 1 aromatic rings. The van der Waals surface area contributed by atoms with Gasteiger partial charge in [-0.15, -0.1) is 0 Å². The van der Waals surface area contributed by atoms with Gasteiger partial charge in [0.15, 0.2) is 9.84 Å². The number of rotatable bonds is 3. The van der Waals surface area contributed by atoms with Crippen molar-refractivity contribution in [3.05, 3.63) is 23.2 Å². The van der Waals surface area contributed by atoms with Crippen LogP contribution < -0.4 is 10.1 Å². The predicted molar refractivity (Wildman–Crippen MR) is 81.8 cm³/mol. The molecule has 0 bridgehead atoms. The molecule has 0 spiro atoms. The van der Waals surface area contributed by atoms with E-state index in [0.29, 0.717) is 22.9 Å². The van der Waals surface area contributed by atoms with Gasteiger partial charge in [0, 0.05) is 19.2 Å². The molecule has 1 fully saturated rings. The first kappa shape index (κ1) is 15.9. The zero-order valence-corrected chi connectivity index (χ0v) is 13.4. The summed E-state index contributed by atoms with van der Waals surface area (Å²) in [6, 6.07) is 4.23. The number of urea groups is 1. The quantitative estimate of drug-likeness (QED) is 0.918. The van der Waals surface area contributed by atoms with Crippen LogP contribution in [0, 0.1) is 0 Å². The summed E-state index contributed by atoms with van der Waals surface area (Å²) >= 11 is 6.05. The SMILES string of the molecule is COc1ccc(NC(=O)N(C)C2CCS(=O)(=O)C2)c(Cl)c1. The summed E-state index contributed by atoms with van der Waals surface area (Å²) in [7, 11) is 0.0793. The molecule has 8 heteroatoms. The van der Waals surface area contributed by atoms with E-state index in [1.165, 1.54) is 12.0 Å². The predicted octanol–water partition coefficient (Wildman–Crippen LogP) is 2.00. The number of methoxy groups -OCH3 is 1. The Morgan fingerprint density at radius 1 is 1.48 bits per heavy atom. The zero-order chi connectivity index (χ0) is 15.6. The lowest BCUT2D eigenvalue weighted by molar-refractivity contribution is 0.209. The number of halogens is 1. The Bertz CT molecular complexity index is 648. The van der Waals surface area contributed by atoms with Crippen molar-refractivity contribution >= 4 is 33.2 Å². The molecule has 6 nitrogen and oxygen atoms in total. The van der Waals surface area contributed by atoms with Crippen LogP contribution >= 0.6 is 11.6 Å². The van der Waals surface area contributed by atoms with E-state index in [0.717, 1.165) is 0 Å². The summed E-state index contributed by atoms with van der Waals surface area (Å²) in [4.78, 5) is 13.6. The van der Waals surface area contributed by atoms with Crippen molar-refractivity contribution in [3.8, 4) is 5.75 Å². The van der Waals surface area contributed by atoms with Gasteiger partial charge < -0.3 is 15.0 Å². The molecule has 0 radical (unpaired) electrons. The molecule has 1 saturated heterocycles. The van der Waals surface area contributed by atoms with E-state index in [1.807, 2.05) is 0 Å². The normalized spacial score (nSPS) is 20.0. The second kappa shape index (κ2) is 6.11. The molecule has 1 N–H and O–H groups in total. The van der Waals surface area contributed by atoms with Crippen molar-refractivity contribution in [2.75, 3.05) is 31.0 Å². The highest BCUT2D eigenvalue weighted by atomic mass is 35.5. The van der Waals surface area contributed by atoms with Crippen molar-refractivity contribution in [3.63, 3.8) is 0 Å². The highest BCUT2D eigenvalue weighted by molar-refractivity contribution is 7.91. The summed E-state index contributed by atoms with van der Waals surface area (Å²) < 4.78 is 27.9. The molecule has 116 valence electrons. The number of hydrogen-bond donors (Lipinski definition) is 1. The van der Waals surface area contributed by atoms with E-state index in [4.69, 9.17) is 16.3 Å². The minimum Gasteiger partial charge on any atom is -0.497 e. The van der Waals surface area contributed by atoms with Crippen LogP contribution in [0.3, 0.4) is 0 Å². The maximum atomic E-state index is 12.1. The molecule has 1 heterocycles. The van der Waals surface area contributed by atoms with Crippen LogP contribution in [0.25, 0.3) is 0 Å². The summed E-state index contributed by atoms with van der Waals surface area (Å²) in [5, 5.41) is 3.03.